The molecule has 2 heterocycles. The molecule has 2 aromatic heterocycles. The summed E-state index contributed by atoms with van der Waals surface area (Å²) in [5, 5.41) is 0. The molecule has 0 amide bonds. The van der Waals surface area contributed by atoms with E-state index >= 15 is 0 Å². The molecule has 6 aromatic carbocycles. The Kier molecular flexibility index (Phi) is 7.44. The number of pyridine rings is 1. The quantitative estimate of drug-likeness (QED) is 0.179. The number of aromatic nitrogens is 4. The minimum atomic E-state index is -0.106. The van der Waals surface area contributed by atoms with Crippen LogP contribution >= 0.6 is 0 Å². The van der Waals surface area contributed by atoms with Crippen molar-refractivity contribution in [2.75, 3.05) is 0 Å². The van der Waals surface area contributed by atoms with Crippen LogP contribution in [0.2, 0.25) is 0 Å². The molecular formula is C47H34N4. The van der Waals surface area contributed by atoms with Gasteiger partial charge in [-0.2, -0.15) is 0 Å². The molecular weight excluding hydrogens is 621 g/mol. The molecule has 0 N–H and O–H groups in total. The van der Waals surface area contributed by atoms with Crippen molar-refractivity contribution in [1.29, 1.82) is 0 Å². The molecule has 0 atom stereocenters. The lowest BCUT2D eigenvalue weighted by atomic mass is 9.82. The summed E-state index contributed by atoms with van der Waals surface area (Å²) in [7, 11) is 0. The molecule has 0 radical (unpaired) electrons. The third-order valence-corrected chi connectivity index (χ3v) is 9.97. The Morgan fingerprint density at radius 2 is 0.902 bits per heavy atom. The molecule has 0 unspecified atom stereocenters. The fourth-order valence-corrected chi connectivity index (χ4v) is 7.41. The topological polar surface area (TPSA) is 51.6 Å². The number of rotatable bonds is 6. The Labute approximate surface area is 298 Å². The van der Waals surface area contributed by atoms with Crippen LogP contribution in [0.5, 0.6) is 0 Å². The fraction of sp³-hybridized carbons (Fsp3) is 0.0638. The SMILES string of the molecule is CC1(C)c2ccccc2-c2c(-c3cc(-c4ccccn4)cc(-c4nc(-c5ccccc5)nc(-c5cccc(-c6ccccc6)c5)n4)c3)cccc21. The van der Waals surface area contributed by atoms with Gasteiger partial charge in [-0.15, -0.1) is 0 Å². The van der Waals surface area contributed by atoms with Gasteiger partial charge in [-0.25, -0.2) is 15.0 Å². The summed E-state index contributed by atoms with van der Waals surface area (Å²) in [5.41, 5.74) is 14.3. The first-order chi connectivity index (χ1) is 25.0. The second-order valence-corrected chi connectivity index (χ2v) is 13.5. The predicted molar refractivity (Wildman–Crippen MR) is 208 cm³/mol. The average Bonchev–Trinajstić information content (AvgIpc) is 3.44. The van der Waals surface area contributed by atoms with Crippen LogP contribution in [0.3, 0.4) is 0 Å². The van der Waals surface area contributed by atoms with Gasteiger partial charge in [0, 0.05) is 33.9 Å². The number of fused-ring (bicyclic) bond motifs is 3. The van der Waals surface area contributed by atoms with Gasteiger partial charge in [0.1, 0.15) is 0 Å². The molecule has 0 fully saturated rings. The van der Waals surface area contributed by atoms with Crippen molar-refractivity contribution < 1.29 is 0 Å². The van der Waals surface area contributed by atoms with Crippen molar-refractivity contribution in [3.05, 3.63) is 181 Å². The van der Waals surface area contributed by atoms with Crippen LogP contribution in [0.15, 0.2) is 170 Å². The Balaban J connectivity index is 1.27. The first-order valence-electron chi connectivity index (χ1n) is 17.3. The molecule has 4 heteroatoms. The third-order valence-electron chi connectivity index (χ3n) is 9.97. The number of nitrogens with zero attached hydrogens (tertiary/aromatic N) is 4. The molecule has 1 aliphatic carbocycles. The van der Waals surface area contributed by atoms with E-state index in [0.717, 1.165) is 44.6 Å². The van der Waals surface area contributed by atoms with Crippen LogP contribution in [0.1, 0.15) is 25.0 Å². The van der Waals surface area contributed by atoms with Gasteiger partial charge >= 0.3 is 0 Å². The molecule has 4 nitrogen and oxygen atoms in total. The van der Waals surface area contributed by atoms with Gasteiger partial charge in [0.15, 0.2) is 17.5 Å². The van der Waals surface area contributed by atoms with Crippen LogP contribution in [0.25, 0.3) is 78.8 Å². The minimum absolute atomic E-state index is 0.106. The van der Waals surface area contributed by atoms with Crippen LogP contribution in [0, 0.1) is 0 Å². The van der Waals surface area contributed by atoms with Gasteiger partial charge in [0.2, 0.25) is 0 Å². The van der Waals surface area contributed by atoms with Crippen LogP contribution in [-0.4, -0.2) is 19.9 Å². The summed E-state index contributed by atoms with van der Waals surface area (Å²) in [6.07, 6.45) is 1.84. The average molecular weight is 655 g/mol. The third kappa shape index (κ3) is 5.51. The highest BCUT2D eigenvalue weighted by atomic mass is 15.0. The molecule has 0 saturated heterocycles. The molecule has 8 aromatic rings. The predicted octanol–water partition coefficient (Wildman–Crippen LogP) is 11.6. The summed E-state index contributed by atoms with van der Waals surface area (Å²) >= 11 is 0. The first kappa shape index (κ1) is 30.5. The molecule has 0 bridgehead atoms. The molecule has 0 saturated carbocycles. The van der Waals surface area contributed by atoms with E-state index in [4.69, 9.17) is 19.9 Å². The molecule has 242 valence electrons. The van der Waals surface area contributed by atoms with Gasteiger partial charge in [-0.1, -0.05) is 141 Å². The molecule has 9 rings (SSSR count). The zero-order valence-electron chi connectivity index (χ0n) is 28.5. The summed E-state index contributed by atoms with van der Waals surface area (Å²) < 4.78 is 0. The maximum Gasteiger partial charge on any atom is 0.164 e. The van der Waals surface area contributed by atoms with E-state index in [1.807, 2.05) is 54.7 Å². The highest BCUT2D eigenvalue weighted by molar-refractivity contribution is 5.94. The van der Waals surface area contributed by atoms with E-state index in [0.29, 0.717) is 17.5 Å². The molecule has 51 heavy (non-hydrogen) atoms. The van der Waals surface area contributed by atoms with Gasteiger partial charge in [-0.3, -0.25) is 4.98 Å². The lowest BCUT2D eigenvalue weighted by Gasteiger charge is -2.21. The summed E-state index contributed by atoms with van der Waals surface area (Å²) in [4.78, 5) is 20.1. The van der Waals surface area contributed by atoms with Crippen molar-refractivity contribution in [2.24, 2.45) is 0 Å². The number of benzene rings is 6. The van der Waals surface area contributed by atoms with Crippen molar-refractivity contribution in [3.63, 3.8) is 0 Å². The summed E-state index contributed by atoms with van der Waals surface area (Å²) in [6.45, 7) is 4.64. The van der Waals surface area contributed by atoms with Crippen molar-refractivity contribution in [1.82, 2.24) is 19.9 Å². The molecule has 1 aliphatic rings. The fourth-order valence-electron chi connectivity index (χ4n) is 7.41. The summed E-state index contributed by atoms with van der Waals surface area (Å²) in [6, 6.07) is 57.1. The first-order valence-corrected chi connectivity index (χ1v) is 17.3. The largest absolute Gasteiger partial charge is 0.256 e. The summed E-state index contributed by atoms with van der Waals surface area (Å²) in [5.74, 6) is 1.86. The van der Waals surface area contributed by atoms with Crippen molar-refractivity contribution >= 4 is 0 Å². The van der Waals surface area contributed by atoms with E-state index in [9.17, 15) is 0 Å². The van der Waals surface area contributed by atoms with Crippen LogP contribution in [-0.2, 0) is 5.41 Å². The van der Waals surface area contributed by atoms with Crippen LogP contribution in [0.4, 0.5) is 0 Å². The van der Waals surface area contributed by atoms with E-state index in [2.05, 4.69) is 129 Å². The van der Waals surface area contributed by atoms with Gasteiger partial charge < -0.3 is 0 Å². The number of hydrogen-bond acceptors (Lipinski definition) is 4. The van der Waals surface area contributed by atoms with Gasteiger partial charge in [0.25, 0.3) is 0 Å². The monoisotopic (exact) mass is 654 g/mol. The maximum absolute atomic E-state index is 5.19. The van der Waals surface area contributed by atoms with E-state index in [-0.39, 0.29) is 5.41 Å². The Hall–Kier alpha value is -6.52. The second-order valence-electron chi connectivity index (χ2n) is 13.5. The Morgan fingerprint density at radius 1 is 0.373 bits per heavy atom. The normalized spacial score (nSPS) is 12.7. The van der Waals surface area contributed by atoms with Gasteiger partial charge in [0.05, 0.1) is 5.69 Å². The van der Waals surface area contributed by atoms with Gasteiger partial charge in [-0.05, 0) is 80.9 Å². The van der Waals surface area contributed by atoms with E-state index in [1.165, 1.54) is 27.8 Å². The Morgan fingerprint density at radius 3 is 1.67 bits per heavy atom. The van der Waals surface area contributed by atoms with Crippen molar-refractivity contribution in [2.45, 2.75) is 19.3 Å². The maximum atomic E-state index is 5.19. The Bertz CT molecular complexity index is 2540. The number of hydrogen-bond donors (Lipinski definition) is 0. The standard InChI is InChI=1S/C47H34N4/c1-47(2)40-23-10-9-21-39(40)43-38(22-14-24-41(43)47)35-28-36(42-25-11-12-26-48-42)30-37(29-35)46-50-44(32-17-7-4-8-18-32)49-45(51-46)34-20-13-19-33(27-34)31-15-5-3-6-16-31/h3-30H,1-2H3. The lowest BCUT2D eigenvalue weighted by molar-refractivity contribution is 0.660. The highest BCUT2D eigenvalue weighted by Crippen LogP contribution is 2.52. The lowest BCUT2D eigenvalue weighted by Crippen LogP contribution is -2.14. The highest BCUT2D eigenvalue weighted by Gasteiger charge is 2.36. The zero-order valence-corrected chi connectivity index (χ0v) is 28.5. The van der Waals surface area contributed by atoms with E-state index in [1.54, 1.807) is 0 Å². The second kappa shape index (κ2) is 12.4. The molecule has 0 aliphatic heterocycles. The minimum Gasteiger partial charge on any atom is -0.256 e. The molecule has 0 spiro atoms. The zero-order chi connectivity index (χ0) is 34.4. The van der Waals surface area contributed by atoms with Crippen molar-refractivity contribution in [3.8, 4) is 78.8 Å². The smallest absolute Gasteiger partial charge is 0.164 e. The van der Waals surface area contributed by atoms with Crippen LogP contribution < -0.4 is 0 Å². The van der Waals surface area contributed by atoms with E-state index < -0.39 is 0 Å².